The highest BCUT2D eigenvalue weighted by atomic mass is 16.5. The van der Waals surface area contributed by atoms with E-state index in [1.807, 2.05) is 6.08 Å². The van der Waals surface area contributed by atoms with Crippen LogP contribution in [0.15, 0.2) is 24.8 Å². The van der Waals surface area contributed by atoms with Gasteiger partial charge in [-0.25, -0.2) is 0 Å². The number of benzene rings is 1. The third kappa shape index (κ3) is 4.25. The van der Waals surface area contributed by atoms with Crippen molar-refractivity contribution in [3.8, 4) is 11.5 Å². The summed E-state index contributed by atoms with van der Waals surface area (Å²) in [5, 5.41) is 11.6. The van der Waals surface area contributed by atoms with Crippen molar-refractivity contribution in [1.82, 2.24) is 0 Å². The molecule has 146 valence electrons. The molecule has 0 saturated heterocycles. The Kier molecular flexibility index (Phi) is 6.44. The van der Waals surface area contributed by atoms with Crippen molar-refractivity contribution in [2.75, 3.05) is 14.2 Å². The fourth-order valence-electron chi connectivity index (χ4n) is 4.43. The zero-order valence-corrected chi connectivity index (χ0v) is 17.4. The minimum atomic E-state index is -0.735. The summed E-state index contributed by atoms with van der Waals surface area (Å²) in [4.78, 5) is 0. The van der Waals surface area contributed by atoms with Crippen LogP contribution >= 0.6 is 0 Å². The van der Waals surface area contributed by atoms with Gasteiger partial charge in [0.25, 0.3) is 0 Å². The quantitative estimate of drug-likeness (QED) is 0.652. The average Bonchev–Trinajstić information content (AvgIpc) is 2.58. The molecule has 26 heavy (non-hydrogen) atoms. The van der Waals surface area contributed by atoms with Crippen LogP contribution in [0.25, 0.3) is 0 Å². The standard InChI is InChI=1S/C23H36O3/c1-8-9-18-15-22(4,5)12-13-23(18,24)14-17-10-11-19(16(2)3)21(26-7)20(17)25-6/h8,10-11,16,18,24H,1,9,12-15H2,2-7H3/t18-,23-/m0/s1. The van der Waals surface area contributed by atoms with Crippen LogP contribution in [0.3, 0.4) is 0 Å². The van der Waals surface area contributed by atoms with Crippen LogP contribution < -0.4 is 9.47 Å². The van der Waals surface area contributed by atoms with E-state index in [0.29, 0.717) is 12.3 Å². The van der Waals surface area contributed by atoms with E-state index in [4.69, 9.17) is 9.47 Å². The molecule has 1 saturated carbocycles. The summed E-state index contributed by atoms with van der Waals surface area (Å²) in [6, 6.07) is 4.21. The third-order valence-corrected chi connectivity index (χ3v) is 6.00. The highest BCUT2D eigenvalue weighted by Gasteiger charge is 2.44. The van der Waals surface area contributed by atoms with Crippen molar-refractivity contribution < 1.29 is 14.6 Å². The van der Waals surface area contributed by atoms with E-state index in [1.165, 1.54) is 0 Å². The Bertz CT molecular complexity index is 633. The van der Waals surface area contributed by atoms with Crippen LogP contribution in [0.2, 0.25) is 0 Å². The molecule has 3 nitrogen and oxygen atoms in total. The van der Waals surface area contributed by atoms with Crippen molar-refractivity contribution in [3.63, 3.8) is 0 Å². The molecule has 0 unspecified atom stereocenters. The van der Waals surface area contributed by atoms with Crippen molar-refractivity contribution in [2.45, 2.75) is 71.3 Å². The first-order valence-corrected chi connectivity index (χ1v) is 9.74. The number of allylic oxidation sites excluding steroid dienone is 1. The maximum Gasteiger partial charge on any atom is 0.164 e. The molecule has 1 aromatic carbocycles. The van der Waals surface area contributed by atoms with Crippen LogP contribution in [0.4, 0.5) is 0 Å². The average molecular weight is 361 g/mol. The van der Waals surface area contributed by atoms with Gasteiger partial charge in [0.2, 0.25) is 0 Å². The molecular weight excluding hydrogens is 324 g/mol. The zero-order valence-electron chi connectivity index (χ0n) is 17.4. The van der Waals surface area contributed by atoms with Gasteiger partial charge in [-0.2, -0.15) is 0 Å². The predicted octanol–water partition coefficient (Wildman–Crippen LogP) is 5.50. The molecule has 0 aliphatic heterocycles. The second-order valence-electron chi connectivity index (χ2n) is 8.91. The van der Waals surface area contributed by atoms with Gasteiger partial charge in [0, 0.05) is 17.5 Å². The fourth-order valence-corrected chi connectivity index (χ4v) is 4.43. The zero-order chi connectivity index (χ0) is 19.5. The van der Waals surface area contributed by atoms with Gasteiger partial charge in [0.05, 0.1) is 19.8 Å². The van der Waals surface area contributed by atoms with E-state index in [0.717, 1.165) is 48.3 Å². The summed E-state index contributed by atoms with van der Waals surface area (Å²) in [5.74, 6) is 2.11. The Labute approximate surface area is 159 Å². The predicted molar refractivity (Wildman–Crippen MR) is 108 cm³/mol. The first-order valence-electron chi connectivity index (χ1n) is 9.74. The first-order chi connectivity index (χ1) is 12.2. The van der Waals surface area contributed by atoms with Crippen LogP contribution in [0, 0.1) is 11.3 Å². The maximum absolute atomic E-state index is 11.6. The Morgan fingerprint density at radius 1 is 1.19 bits per heavy atom. The number of hydrogen-bond donors (Lipinski definition) is 1. The Morgan fingerprint density at radius 3 is 2.38 bits per heavy atom. The number of ether oxygens (including phenoxy) is 2. The molecule has 0 aromatic heterocycles. The molecule has 0 bridgehead atoms. The van der Waals surface area contributed by atoms with Crippen molar-refractivity contribution in [3.05, 3.63) is 35.9 Å². The number of aliphatic hydroxyl groups is 1. The number of methoxy groups -OCH3 is 2. The van der Waals surface area contributed by atoms with Crippen LogP contribution in [0.1, 0.15) is 70.4 Å². The topological polar surface area (TPSA) is 38.7 Å². The van der Waals surface area contributed by atoms with Crippen molar-refractivity contribution in [2.24, 2.45) is 11.3 Å². The fraction of sp³-hybridized carbons (Fsp3) is 0.652. The van der Waals surface area contributed by atoms with Crippen molar-refractivity contribution >= 4 is 0 Å². The number of hydrogen-bond acceptors (Lipinski definition) is 3. The van der Waals surface area contributed by atoms with E-state index >= 15 is 0 Å². The molecule has 1 aromatic rings. The molecule has 0 amide bonds. The van der Waals surface area contributed by atoms with Gasteiger partial charge < -0.3 is 14.6 Å². The highest BCUT2D eigenvalue weighted by molar-refractivity contribution is 5.53. The lowest BCUT2D eigenvalue weighted by atomic mass is 9.62. The molecular formula is C23H36O3. The SMILES string of the molecule is C=CC[C@H]1CC(C)(C)CC[C@]1(O)Cc1ccc(C(C)C)c(OC)c1OC. The van der Waals surface area contributed by atoms with E-state index in [-0.39, 0.29) is 11.3 Å². The molecule has 1 fully saturated rings. The van der Waals surface area contributed by atoms with Gasteiger partial charge in [-0.15, -0.1) is 6.58 Å². The molecule has 0 heterocycles. The van der Waals surface area contributed by atoms with E-state index < -0.39 is 5.60 Å². The van der Waals surface area contributed by atoms with E-state index in [2.05, 4.69) is 46.4 Å². The van der Waals surface area contributed by atoms with Gasteiger partial charge >= 0.3 is 0 Å². The molecule has 3 heteroatoms. The summed E-state index contributed by atoms with van der Waals surface area (Å²) in [6.07, 6.45) is 6.20. The Balaban J connectivity index is 2.40. The summed E-state index contributed by atoms with van der Waals surface area (Å²) in [7, 11) is 3.37. The van der Waals surface area contributed by atoms with Crippen molar-refractivity contribution in [1.29, 1.82) is 0 Å². The molecule has 0 spiro atoms. The molecule has 1 aliphatic carbocycles. The second-order valence-corrected chi connectivity index (χ2v) is 8.91. The second kappa shape index (κ2) is 8.04. The molecule has 1 N–H and O–H groups in total. The summed E-state index contributed by atoms with van der Waals surface area (Å²) < 4.78 is 11.4. The summed E-state index contributed by atoms with van der Waals surface area (Å²) >= 11 is 0. The minimum Gasteiger partial charge on any atom is -0.493 e. The summed E-state index contributed by atoms with van der Waals surface area (Å²) in [6.45, 7) is 12.8. The van der Waals surface area contributed by atoms with Crippen LogP contribution in [-0.2, 0) is 6.42 Å². The van der Waals surface area contributed by atoms with E-state index in [1.54, 1.807) is 14.2 Å². The van der Waals surface area contributed by atoms with Gasteiger partial charge in [-0.1, -0.05) is 45.9 Å². The molecule has 2 atom stereocenters. The van der Waals surface area contributed by atoms with Gasteiger partial charge in [0.1, 0.15) is 0 Å². The third-order valence-electron chi connectivity index (χ3n) is 6.00. The number of rotatable bonds is 7. The lowest BCUT2D eigenvalue weighted by Crippen LogP contribution is -2.46. The Hall–Kier alpha value is -1.48. The first kappa shape index (κ1) is 20.8. The van der Waals surface area contributed by atoms with Gasteiger partial charge in [0.15, 0.2) is 11.5 Å². The summed E-state index contributed by atoms with van der Waals surface area (Å²) in [5.41, 5.74) is 1.68. The maximum atomic E-state index is 11.6. The van der Waals surface area contributed by atoms with Crippen LogP contribution in [0.5, 0.6) is 11.5 Å². The lowest BCUT2D eigenvalue weighted by molar-refractivity contribution is -0.0766. The Morgan fingerprint density at radius 2 is 1.85 bits per heavy atom. The van der Waals surface area contributed by atoms with E-state index in [9.17, 15) is 5.11 Å². The largest absolute Gasteiger partial charge is 0.493 e. The molecule has 1 aliphatic rings. The monoisotopic (exact) mass is 360 g/mol. The van der Waals surface area contributed by atoms with Crippen LogP contribution in [-0.4, -0.2) is 24.9 Å². The lowest BCUT2D eigenvalue weighted by Gasteiger charge is -2.46. The van der Waals surface area contributed by atoms with Gasteiger partial charge in [-0.05, 0) is 42.9 Å². The van der Waals surface area contributed by atoms with Gasteiger partial charge in [-0.3, -0.25) is 0 Å². The molecule has 0 radical (unpaired) electrons. The normalized spacial score (nSPS) is 25.2. The minimum absolute atomic E-state index is 0.212. The highest BCUT2D eigenvalue weighted by Crippen LogP contribution is 2.48. The molecule has 2 rings (SSSR count). The smallest absolute Gasteiger partial charge is 0.164 e.